The molecule has 0 radical (unpaired) electrons. The molecule has 0 aromatic heterocycles. The molecule has 0 amide bonds. The van der Waals surface area contributed by atoms with Crippen LogP contribution in [0, 0.1) is 0 Å². The maximum atomic E-state index is 12.7. The monoisotopic (exact) mass is 964 g/mol. The third kappa shape index (κ3) is 8.36. The highest BCUT2D eigenvalue weighted by Crippen LogP contribution is 2.38. The van der Waals surface area contributed by atoms with Gasteiger partial charge in [-0.05, 0) is 185 Å². The Morgan fingerprint density at radius 3 is 0.917 bits per heavy atom. The maximum absolute atomic E-state index is 12.7. The zero-order valence-electron chi connectivity index (χ0n) is 25.1. The molecule has 0 fully saturated rings. The van der Waals surface area contributed by atoms with Crippen LogP contribution in [-0.2, 0) is 43.1 Å². The highest BCUT2D eigenvalue weighted by atomic mass is 127. The molecule has 0 aliphatic carbocycles. The standard InChI is InChI=1S/C36H28I2N2O2P2S4/c37-47(45)43(41)35-23-19-33(20-24-35)40(34-21-25-36(26-22-34)44(42)48(38)46)32-17-13-28(14-18-32)27-11-15-31(16-12-27)39(29-7-3-1-4-8-29)30-9-5-2-6-10-30/h1-26,47-48H. The average molecular weight is 965 g/mol. The summed E-state index contributed by atoms with van der Waals surface area (Å²) >= 11 is 14.8. The third-order valence-corrected chi connectivity index (χ3v) is 22.4. The molecule has 0 spiro atoms. The van der Waals surface area contributed by atoms with Gasteiger partial charge >= 0.3 is 0 Å². The van der Waals surface area contributed by atoms with Crippen LogP contribution in [0.2, 0.25) is 0 Å². The number of halogens is 2. The van der Waals surface area contributed by atoms with E-state index in [1.54, 1.807) is 0 Å². The Morgan fingerprint density at radius 1 is 0.396 bits per heavy atom. The normalized spacial score (nSPS) is 12.9. The van der Waals surface area contributed by atoms with E-state index >= 15 is 0 Å². The van der Waals surface area contributed by atoms with Gasteiger partial charge in [-0.2, -0.15) is 0 Å². The number of anilines is 6. The van der Waals surface area contributed by atoms with Gasteiger partial charge < -0.3 is 9.80 Å². The van der Waals surface area contributed by atoms with Gasteiger partial charge in [-0.3, -0.25) is 9.13 Å². The Bertz CT molecular complexity index is 2200. The fourth-order valence-corrected chi connectivity index (χ4v) is 14.5. The molecule has 0 saturated heterocycles. The highest BCUT2D eigenvalue weighted by molar-refractivity contribution is 14.2. The Labute approximate surface area is 318 Å². The van der Waals surface area contributed by atoms with Crippen LogP contribution >= 0.6 is 55.6 Å². The second-order valence-corrected chi connectivity index (χ2v) is 36.2. The lowest BCUT2D eigenvalue weighted by Gasteiger charge is -2.26. The number of benzene rings is 6. The number of thiol groups is 2. The Hall–Kier alpha value is -2.28. The van der Waals surface area contributed by atoms with Crippen molar-refractivity contribution in [1.82, 2.24) is 0 Å². The summed E-state index contributed by atoms with van der Waals surface area (Å²) in [5.41, 5.74) is 8.27. The predicted octanol–water partition coefficient (Wildman–Crippen LogP) is 11.4. The molecule has 48 heavy (non-hydrogen) atoms. The van der Waals surface area contributed by atoms with Gasteiger partial charge in [-0.25, -0.2) is 0 Å². The minimum atomic E-state index is -1.60. The van der Waals surface area contributed by atoms with Crippen LogP contribution in [0.1, 0.15) is 0 Å². The van der Waals surface area contributed by atoms with Crippen molar-refractivity contribution in [1.29, 1.82) is 0 Å². The van der Waals surface area contributed by atoms with Crippen molar-refractivity contribution in [3.05, 3.63) is 158 Å². The highest BCUT2D eigenvalue weighted by Gasteiger charge is 2.15. The zero-order valence-corrected chi connectivity index (χ0v) is 34.6. The SMILES string of the molecule is O=P(c1ccc(N(c2ccc(-c3ccc(N(c4ccccc4)c4ccccc4)cc3)cc2)c2ccc(P(=O)=[SH](=S)I)cc2)cc1)=[SH](=S)I. The molecule has 4 atom stereocenters. The first-order valence-corrected chi connectivity index (χ1v) is 28.8. The van der Waals surface area contributed by atoms with E-state index in [4.69, 9.17) is 22.4 Å². The molecule has 6 aromatic carbocycles. The van der Waals surface area contributed by atoms with E-state index in [-0.39, 0.29) is 0 Å². The smallest absolute Gasteiger partial charge is 0.166 e. The molecule has 0 N–H and O–H groups in total. The number of nitrogens with zero attached hydrogens (tertiary/aromatic N) is 2. The van der Waals surface area contributed by atoms with Crippen LogP contribution in [-0.4, -0.2) is 0 Å². The first-order valence-electron chi connectivity index (χ1n) is 14.6. The van der Waals surface area contributed by atoms with E-state index in [2.05, 4.69) is 149 Å². The van der Waals surface area contributed by atoms with Gasteiger partial charge in [0.1, 0.15) is 0 Å². The lowest BCUT2D eigenvalue weighted by atomic mass is 10.0. The van der Waals surface area contributed by atoms with E-state index in [0.717, 1.165) is 55.9 Å². The van der Waals surface area contributed by atoms with Gasteiger partial charge in [0.25, 0.3) is 0 Å². The predicted molar refractivity (Wildman–Crippen MR) is 236 cm³/mol. The van der Waals surface area contributed by atoms with Gasteiger partial charge in [0.2, 0.25) is 0 Å². The first-order chi connectivity index (χ1) is 23.3. The Morgan fingerprint density at radius 2 is 0.646 bits per heavy atom. The molecular formula is C36H28I2N2O2P2S4. The van der Waals surface area contributed by atoms with Crippen molar-refractivity contribution >= 4 is 134 Å². The summed E-state index contributed by atoms with van der Waals surface area (Å²) in [5, 5.41) is 1.52. The molecule has 0 saturated carbocycles. The van der Waals surface area contributed by atoms with Crippen molar-refractivity contribution < 1.29 is 9.13 Å². The lowest BCUT2D eigenvalue weighted by Crippen LogP contribution is -2.11. The molecule has 242 valence electrons. The van der Waals surface area contributed by atoms with E-state index in [9.17, 15) is 9.13 Å². The average Bonchev–Trinajstić information content (AvgIpc) is 3.13. The summed E-state index contributed by atoms with van der Waals surface area (Å²) < 4.78 is 25.4. The minimum absolute atomic E-state index is 0.759. The van der Waals surface area contributed by atoms with Gasteiger partial charge in [0.05, 0.1) is 0 Å². The molecule has 4 nitrogen and oxygen atoms in total. The molecule has 0 heterocycles. The van der Waals surface area contributed by atoms with E-state index in [1.807, 2.05) is 60.7 Å². The van der Waals surface area contributed by atoms with E-state index in [0.29, 0.717) is 0 Å². The molecule has 12 heteroatoms. The second-order valence-electron chi connectivity index (χ2n) is 10.5. The molecular weight excluding hydrogens is 936 g/mol. The number of para-hydroxylation sites is 2. The Balaban J connectivity index is 1.34. The fourth-order valence-electron chi connectivity index (χ4n) is 5.29. The van der Waals surface area contributed by atoms with Crippen LogP contribution in [0.4, 0.5) is 34.1 Å². The quantitative estimate of drug-likeness (QED) is 0.0651. The van der Waals surface area contributed by atoms with Crippen LogP contribution in [0.25, 0.3) is 11.1 Å². The minimum Gasteiger partial charge on any atom is -0.311 e. The third-order valence-electron chi connectivity index (χ3n) is 7.56. The molecule has 4 unspecified atom stereocenters. The largest absolute Gasteiger partial charge is 0.311 e. The first kappa shape index (κ1) is 35.5. The van der Waals surface area contributed by atoms with E-state index < -0.39 is 24.8 Å². The van der Waals surface area contributed by atoms with Gasteiger partial charge in [0.15, 0.2) is 13.2 Å². The Kier molecular flexibility index (Phi) is 12.3. The van der Waals surface area contributed by atoms with Crippen LogP contribution < -0.4 is 20.4 Å². The molecule has 6 rings (SSSR count). The summed E-state index contributed by atoms with van der Waals surface area (Å²) in [6.45, 7) is -3.21. The fraction of sp³-hybridized carbons (Fsp3) is 0. The van der Waals surface area contributed by atoms with Gasteiger partial charge in [0, 0.05) is 44.7 Å². The van der Waals surface area contributed by atoms with Gasteiger partial charge in [-0.15, -0.1) is 0 Å². The number of hydrogen-bond acceptors (Lipinski definition) is 6. The van der Waals surface area contributed by atoms with Crippen LogP contribution in [0.5, 0.6) is 0 Å². The molecule has 0 aliphatic heterocycles. The number of hydrogen-bond donors (Lipinski definition) is 2. The summed E-state index contributed by atoms with van der Waals surface area (Å²) in [7, 11) is 0. The molecule has 0 bridgehead atoms. The maximum Gasteiger partial charge on any atom is 0.166 e. The van der Waals surface area contributed by atoms with Crippen LogP contribution in [0.3, 0.4) is 0 Å². The van der Waals surface area contributed by atoms with Crippen molar-refractivity contribution in [3.8, 4) is 11.1 Å². The summed E-state index contributed by atoms with van der Waals surface area (Å²) in [4.78, 5) is 4.39. The summed E-state index contributed by atoms with van der Waals surface area (Å²) in [5.74, 6) is -2.02. The molecule has 0 aliphatic rings. The van der Waals surface area contributed by atoms with Gasteiger partial charge in [-0.1, -0.05) is 60.7 Å². The molecule has 6 aromatic rings. The zero-order chi connectivity index (χ0) is 33.6. The second kappa shape index (κ2) is 16.6. The van der Waals surface area contributed by atoms with Crippen LogP contribution in [0.15, 0.2) is 158 Å². The van der Waals surface area contributed by atoms with Crippen molar-refractivity contribution in [2.45, 2.75) is 0 Å². The summed E-state index contributed by atoms with van der Waals surface area (Å²) in [6, 6.07) is 53.4. The topological polar surface area (TPSA) is 40.6 Å². The summed E-state index contributed by atoms with van der Waals surface area (Å²) in [6.07, 6.45) is 0. The van der Waals surface area contributed by atoms with Crippen molar-refractivity contribution in [2.75, 3.05) is 9.80 Å². The van der Waals surface area contributed by atoms with E-state index in [1.165, 1.54) is 0 Å². The van der Waals surface area contributed by atoms with Crippen molar-refractivity contribution in [3.63, 3.8) is 0 Å². The lowest BCUT2D eigenvalue weighted by molar-refractivity contribution is 0.601. The van der Waals surface area contributed by atoms with Crippen molar-refractivity contribution in [2.24, 2.45) is 0 Å². The number of rotatable bonds is 9.